The van der Waals surface area contributed by atoms with Crippen LogP contribution in [0.25, 0.3) is 0 Å². The third kappa shape index (κ3) is 2.93. The average Bonchev–Trinajstić information content (AvgIpc) is 3.18. The van der Waals surface area contributed by atoms with Crippen molar-refractivity contribution in [2.75, 3.05) is 26.3 Å². The molecule has 0 spiro atoms. The molecule has 0 amide bonds. The molecule has 3 nitrogen and oxygen atoms in total. The molecule has 1 saturated carbocycles. The third-order valence-corrected chi connectivity index (χ3v) is 6.02. The van der Waals surface area contributed by atoms with Gasteiger partial charge in [-0.25, -0.2) is 0 Å². The van der Waals surface area contributed by atoms with Gasteiger partial charge < -0.3 is 10.5 Å². The minimum Gasteiger partial charge on any atom is -0.379 e. The second kappa shape index (κ2) is 6.56. The number of ether oxygens (including phenoxy) is 1. The molecule has 1 saturated heterocycles. The lowest BCUT2D eigenvalue weighted by atomic mass is 9.83. The first-order valence-corrected chi connectivity index (χ1v) is 8.80. The van der Waals surface area contributed by atoms with Crippen molar-refractivity contribution in [2.45, 2.75) is 50.1 Å². The van der Waals surface area contributed by atoms with Crippen molar-refractivity contribution in [2.24, 2.45) is 5.73 Å². The van der Waals surface area contributed by atoms with E-state index in [9.17, 15) is 0 Å². The summed E-state index contributed by atoms with van der Waals surface area (Å²) in [5, 5.41) is 2.16. The fourth-order valence-corrected chi connectivity index (χ4v) is 4.66. The molecule has 20 heavy (non-hydrogen) atoms. The molecule has 0 radical (unpaired) electrons. The molecule has 1 aliphatic carbocycles. The van der Waals surface area contributed by atoms with Crippen LogP contribution in [-0.2, 0) is 11.2 Å². The van der Waals surface area contributed by atoms with Crippen LogP contribution in [0.15, 0.2) is 17.5 Å². The quantitative estimate of drug-likeness (QED) is 0.907. The summed E-state index contributed by atoms with van der Waals surface area (Å²) in [5.74, 6) is 0. The maximum atomic E-state index is 6.68. The van der Waals surface area contributed by atoms with Gasteiger partial charge in [-0.15, -0.1) is 11.3 Å². The summed E-state index contributed by atoms with van der Waals surface area (Å²) in [6.07, 6.45) is 7.47. The first kappa shape index (κ1) is 14.5. The van der Waals surface area contributed by atoms with E-state index < -0.39 is 0 Å². The number of rotatable bonds is 5. The summed E-state index contributed by atoms with van der Waals surface area (Å²) in [7, 11) is 0. The number of thiophene rings is 1. The minimum atomic E-state index is 0.251. The van der Waals surface area contributed by atoms with E-state index in [1.165, 1.54) is 30.6 Å². The van der Waals surface area contributed by atoms with Gasteiger partial charge in [0, 0.05) is 29.5 Å². The van der Waals surface area contributed by atoms with Gasteiger partial charge in [-0.1, -0.05) is 18.9 Å². The summed E-state index contributed by atoms with van der Waals surface area (Å²) in [6, 6.07) is 4.66. The SMILES string of the molecule is NC(CCc1cccs1)C1(N2CCOCC2)CCCC1. The van der Waals surface area contributed by atoms with E-state index >= 15 is 0 Å². The van der Waals surface area contributed by atoms with Gasteiger partial charge in [-0.2, -0.15) is 0 Å². The number of morpholine rings is 1. The van der Waals surface area contributed by atoms with Crippen molar-refractivity contribution in [3.8, 4) is 0 Å². The lowest BCUT2D eigenvalue weighted by Gasteiger charge is -2.47. The zero-order valence-electron chi connectivity index (χ0n) is 12.2. The average molecular weight is 294 g/mol. The normalized spacial score (nSPS) is 24.9. The lowest BCUT2D eigenvalue weighted by molar-refractivity contribution is -0.0315. The Balaban J connectivity index is 1.65. The Bertz CT molecular complexity index is 395. The van der Waals surface area contributed by atoms with Crippen LogP contribution in [0.1, 0.15) is 37.0 Å². The Morgan fingerprint density at radius 1 is 1.30 bits per heavy atom. The van der Waals surface area contributed by atoms with Gasteiger partial charge in [-0.05, 0) is 37.1 Å². The maximum absolute atomic E-state index is 6.68. The second-order valence-electron chi connectivity index (χ2n) is 6.13. The van der Waals surface area contributed by atoms with Crippen LogP contribution < -0.4 is 5.73 Å². The van der Waals surface area contributed by atoms with E-state index in [-0.39, 0.29) is 5.54 Å². The van der Waals surface area contributed by atoms with Crippen LogP contribution in [-0.4, -0.2) is 42.8 Å². The van der Waals surface area contributed by atoms with Gasteiger partial charge in [-0.3, -0.25) is 4.90 Å². The maximum Gasteiger partial charge on any atom is 0.0594 e. The molecule has 2 aliphatic rings. The largest absolute Gasteiger partial charge is 0.379 e. The van der Waals surface area contributed by atoms with Crippen molar-refractivity contribution in [1.29, 1.82) is 0 Å². The first-order valence-electron chi connectivity index (χ1n) is 7.92. The fraction of sp³-hybridized carbons (Fsp3) is 0.750. The van der Waals surface area contributed by atoms with Gasteiger partial charge >= 0.3 is 0 Å². The van der Waals surface area contributed by atoms with Crippen LogP contribution >= 0.6 is 11.3 Å². The molecule has 1 aromatic heterocycles. The molecule has 0 bridgehead atoms. The Hall–Kier alpha value is -0.420. The van der Waals surface area contributed by atoms with Gasteiger partial charge in [0.15, 0.2) is 0 Å². The van der Waals surface area contributed by atoms with E-state index in [2.05, 4.69) is 22.4 Å². The number of nitrogens with zero attached hydrogens (tertiary/aromatic N) is 1. The summed E-state index contributed by atoms with van der Waals surface area (Å²) >= 11 is 1.85. The topological polar surface area (TPSA) is 38.5 Å². The Morgan fingerprint density at radius 2 is 2.05 bits per heavy atom. The molecule has 112 valence electrons. The molecule has 2 heterocycles. The van der Waals surface area contributed by atoms with Crippen LogP contribution in [0.5, 0.6) is 0 Å². The van der Waals surface area contributed by atoms with Crippen molar-refractivity contribution in [3.05, 3.63) is 22.4 Å². The molecule has 1 aliphatic heterocycles. The molecular formula is C16H26N2OS. The summed E-state index contributed by atoms with van der Waals surface area (Å²) in [4.78, 5) is 4.11. The van der Waals surface area contributed by atoms with Crippen molar-refractivity contribution >= 4 is 11.3 Å². The number of hydrogen-bond donors (Lipinski definition) is 1. The van der Waals surface area contributed by atoms with E-state index in [4.69, 9.17) is 10.5 Å². The summed E-state index contributed by atoms with van der Waals surface area (Å²) in [5.41, 5.74) is 6.93. The monoisotopic (exact) mass is 294 g/mol. The standard InChI is InChI=1S/C16H26N2OS/c17-15(6-5-14-4-3-13-20-14)16(7-1-2-8-16)18-9-11-19-12-10-18/h3-4,13,15H,1-2,5-12,17H2. The zero-order chi connectivity index (χ0) is 13.8. The van der Waals surface area contributed by atoms with E-state index in [0.717, 1.165) is 39.1 Å². The Labute approximate surface area is 126 Å². The van der Waals surface area contributed by atoms with E-state index in [1.54, 1.807) is 0 Å². The summed E-state index contributed by atoms with van der Waals surface area (Å²) in [6.45, 7) is 3.87. The van der Waals surface area contributed by atoms with Crippen molar-refractivity contribution in [3.63, 3.8) is 0 Å². The predicted octanol–water partition coefficient (Wildman–Crippen LogP) is 2.65. The molecule has 1 aromatic rings. The van der Waals surface area contributed by atoms with Gasteiger partial charge in [0.05, 0.1) is 13.2 Å². The van der Waals surface area contributed by atoms with Crippen LogP contribution in [0.3, 0.4) is 0 Å². The summed E-state index contributed by atoms with van der Waals surface area (Å²) < 4.78 is 5.52. The Morgan fingerprint density at radius 3 is 2.70 bits per heavy atom. The number of hydrogen-bond acceptors (Lipinski definition) is 4. The highest BCUT2D eigenvalue weighted by atomic mass is 32.1. The number of aryl methyl sites for hydroxylation is 1. The van der Waals surface area contributed by atoms with Gasteiger partial charge in [0.1, 0.15) is 0 Å². The van der Waals surface area contributed by atoms with Crippen molar-refractivity contribution < 1.29 is 4.74 Å². The molecule has 1 unspecified atom stereocenters. The van der Waals surface area contributed by atoms with Gasteiger partial charge in [0.25, 0.3) is 0 Å². The second-order valence-corrected chi connectivity index (χ2v) is 7.17. The van der Waals surface area contributed by atoms with Crippen LogP contribution in [0.2, 0.25) is 0 Å². The fourth-order valence-electron chi connectivity index (χ4n) is 3.94. The van der Waals surface area contributed by atoms with E-state index in [0.29, 0.717) is 6.04 Å². The highest BCUT2D eigenvalue weighted by Gasteiger charge is 2.44. The highest BCUT2D eigenvalue weighted by molar-refractivity contribution is 7.09. The molecule has 2 fully saturated rings. The lowest BCUT2D eigenvalue weighted by Crippen LogP contribution is -2.61. The molecular weight excluding hydrogens is 268 g/mol. The van der Waals surface area contributed by atoms with Crippen LogP contribution in [0, 0.1) is 0 Å². The predicted molar refractivity (Wildman–Crippen MR) is 84.2 cm³/mol. The molecule has 1 atom stereocenters. The first-order chi connectivity index (χ1) is 9.81. The van der Waals surface area contributed by atoms with Gasteiger partial charge in [0.2, 0.25) is 0 Å². The molecule has 3 rings (SSSR count). The Kier molecular flexibility index (Phi) is 4.76. The third-order valence-electron chi connectivity index (χ3n) is 5.08. The molecule has 2 N–H and O–H groups in total. The number of nitrogens with two attached hydrogens (primary N) is 1. The molecule has 0 aromatic carbocycles. The van der Waals surface area contributed by atoms with Crippen molar-refractivity contribution in [1.82, 2.24) is 4.90 Å². The zero-order valence-corrected chi connectivity index (χ0v) is 13.0. The highest BCUT2D eigenvalue weighted by Crippen LogP contribution is 2.39. The van der Waals surface area contributed by atoms with Crippen LogP contribution in [0.4, 0.5) is 0 Å². The minimum absolute atomic E-state index is 0.251. The van der Waals surface area contributed by atoms with E-state index in [1.807, 2.05) is 11.3 Å². The smallest absolute Gasteiger partial charge is 0.0594 e. The molecule has 4 heteroatoms.